The third-order valence-electron chi connectivity index (χ3n) is 4.03. The molecule has 0 bridgehead atoms. The van der Waals surface area contributed by atoms with Gasteiger partial charge in [-0.1, -0.05) is 12.1 Å². The van der Waals surface area contributed by atoms with Gasteiger partial charge in [0.15, 0.2) is 5.96 Å². The van der Waals surface area contributed by atoms with Gasteiger partial charge in [-0.3, -0.25) is 14.5 Å². The molecule has 2 rings (SSSR count). The van der Waals surface area contributed by atoms with Gasteiger partial charge in [0, 0.05) is 32.5 Å². The molecule has 0 saturated carbocycles. The van der Waals surface area contributed by atoms with Crippen LogP contribution >= 0.6 is 24.0 Å². The summed E-state index contributed by atoms with van der Waals surface area (Å²) in [5.41, 5.74) is -0.279. The van der Waals surface area contributed by atoms with Crippen LogP contribution in [0, 0.1) is 0 Å². The number of imide groups is 1. The smallest absolute Gasteiger partial charge is 0.357 e. The summed E-state index contributed by atoms with van der Waals surface area (Å²) in [5, 5.41) is 5.98. The van der Waals surface area contributed by atoms with Crippen LogP contribution in [0.15, 0.2) is 29.3 Å². The van der Waals surface area contributed by atoms with Crippen molar-refractivity contribution in [1.29, 1.82) is 0 Å². The minimum Gasteiger partial charge on any atom is -0.357 e. The van der Waals surface area contributed by atoms with Gasteiger partial charge in [-0.05, 0) is 31.0 Å². The van der Waals surface area contributed by atoms with Crippen molar-refractivity contribution < 1.29 is 22.8 Å². The van der Waals surface area contributed by atoms with E-state index in [2.05, 4.69) is 15.6 Å². The molecule has 1 aliphatic heterocycles. The number of benzene rings is 1. The normalized spacial score (nSPS) is 15.3. The van der Waals surface area contributed by atoms with E-state index in [1.54, 1.807) is 6.07 Å². The number of aliphatic imine (C=N–C) groups is 1. The summed E-state index contributed by atoms with van der Waals surface area (Å²) in [6.45, 7) is 3.04. The van der Waals surface area contributed by atoms with Crippen LogP contribution in [0.2, 0.25) is 0 Å². The molecule has 0 radical (unpaired) electrons. The SMILES string of the molecule is CCNC(=NCc1cccc(C(F)(F)F)c1)NCCN1C(=O)CCCC1=O.I. The average Bonchev–Trinajstić information content (AvgIpc) is 2.61. The fraction of sp³-hybridized carbons (Fsp3) is 0.500. The summed E-state index contributed by atoms with van der Waals surface area (Å²) < 4.78 is 38.3. The van der Waals surface area contributed by atoms with E-state index >= 15 is 0 Å². The Hall–Kier alpha value is -1.85. The van der Waals surface area contributed by atoms with Gasteiger partial charge in [0.05, 0.1) is 12.1 Å². The first-order valence-corrected chi connectivity index (χ1v) is 8.82. The van der Waals surface area contributed by atoms with Crippen LogP contribution in [0.4, 0.5) is 13.2 Å². The zero-order valence-electron chi connectivity index (χ0n) is 15.5. The second-order valence-electron chi connectivity index (χ2n) is 6.11. The Labute approximate surface area is 179 Å². The summed E-state index contributed by atoms with van der Waals surface area (Å²) in [4.78, 5) is 29.0. The molecule has 1 fully saturated rings. The fourth-order valence-electron chi connectivity index (χ4n) is 2.69. The van der Waals surface area contributed by atoms with Crippen molar-refractivity contribution >= 4 is 41.8 Å². The summed E-state index contributed by atoms with van der Waals surface area (Å²) in [6.07, 6.45) is -3.07. The van der Waals surface area contributed by atoms with E-state index in [9.17, 15) is 22.8 Å². The highest BCUT2D eigenvalue weighted by Crippen LogP contribution is 2.29. The molecule has 156 valence electrons. The predicted molar refractivity (Wildman–Crippen MR) is 110 cm³/mol. The van der Waals surface area contributed by atoms with E-state index in [1.165, 1.54) is 11.0 Å². The predicted octanol–water partition coefficient (Wildman–Crippen LogP) is 2.92. The Morgan fingerprint density at radius 1 is 1.18 bits per heavy atom. The fourth-order valence-corrected chi connectivity index (χ4v) is 2.69. The Balaban J connectivity index is 0.00000392. The van der Waals surface area contributed by atoms with Gasteiger partial charge in [0.25, 0.3) is 0 Å². The standard InChI is InChI=1S/C18H23F3N4O2.HI/c1-2-22-17(23-9-10-25-15(26)7-4-8-16(25)27)24-12-13-5-3-6-14(11-13)18(19,20)21;/h3,5-6,11H,2,4,7-10,12H2,1H3,(H2,22,23,24);1H. The van der Waals surface area contributed by atoms with Gasteiger partial charge in [-0.15, -0.1) is 24.0 Å². The molecule has 6 nitrogen and oxygen atoms in total. The van der Waals surface area contributed by atoms with E-state index in [0.717, 1.165) is 12.1 Å². The highest BCUT2D eigenvalue weighted by Gasteiger charge is 2.30. The molecule has 1 heterocycles. The summed E-state index contributed by atoms with van der Waals surface area (Å²) >= 11 is 0. The van der Waals surface area contributed by atoms with Gasteiger partial charge in [-0.2, -0.15) is 13.2 Å². The van der Waals surface area contributed by atoms with Crippen molar-refractivity contribution in [3.05, 3.63) is 35.4 Å². The number of nitrogens with zero attached hydrogens (tertiary/aromatic N) is 2. The largest absolute Gasteiger partial charge is 0.416 e. The number of nitrogens with one attached hydrogen (secondary N) is 2. The maximum absolute atomic E-state index is 12.8. The molecule has 0 unspecified atom stereocenters. The zero-order chi connectivity index (χ0) is 19.9. The number of hydrogen-bond acceptors (Lipinski definition) is 3. The summed E-state index contributed by atoms with van der Waals surface area (Å²) in [7, 11) is 0. The monoisotopic (exact) mass is 512 g/mol. The van der Waals surface area contributed by atoms with Crippen molar-refractivity contribution in [2.45, 2.75) is 38.9 Å². The highest BCUT2D eigenvalue weighted by molar-refractivity contribution is 14.0. The topological polar surface area (TPSA) is 73.8 Å². The maximum atomic E-state index is 12.8. The minimum atomic E-state index is -4.39. The lowest BCUT2D eigenvalue weighted by Crippen LogP contribution is -2.46. The van der Waals surface area contributed by atoms with E-state index in [0.29, 0.717) is 43.9 Å². The Bertz CT molecular complexity index is 694. The lowest BCUT2D eigenvalue weighted by Gasteiger charge is -2.25. The Morgan fingerprint density at radius 2 is 1.86 bits per heavy atom. The average molecular weight is 512 g/mol. The van der Waals surface area contributed by atoms with Gasteiger partial charge in [0.2, 0.25) is 11.8 Å². The number of hydrogen-bond donors (Lipinski definition) is 2. The second-order valence-corrected chi connectivity index (χ2v) is 6.11. The first-order chi connectivity index (χ1) is 12.8. The number of likely N-dealkylation sites (tertiary alicyclic amines) is 1. The second kappa shape index (κ2) is 11.2. The molecule has 1 saturated heterocycles. The molecule has 1 aromatic rings. The van der Waals surface area contributed by atoms with Crippen LogP contribution in [0.1, 0.15) is 37.3 Å². The number of alkyl halides is 3. The highest BCUT2D eigenvalue weighted by atomic mass is 127. The van der Waals surface area contributed by atoms with Gasteiger partial charge in [0.1, 0.15) is 0 Å². The van der Waals surface area contributed by atoms with Crippen LogP contribution < -0.4 is 10.6 Å². The quantitative estimate of drug-likeness (QED) is 0.266. The molecule has 0 atom stereocenters. The van der Waals surface area contributed by atoms with Crippen molar-refractivity contribution in [2.24, 2.45) is 4.99 Å². The number of carbonyl (C=O) groups excluding carboxylic acids is 2. The zero-order valence-corrected chi connectivity index (χ0v) is 17.8. The van der Waals surface area contributed by atoms with Crippen molar-refractivity contribution in [1.82, 2.24) is 15.5 Å². The number of rotatable bonds is 6. The van der Waals surface area contributed by atoms with E-state index in [-0.39, 0.29) is 48.9 Å². The Morgan fingerprint density at radius 3 is 2.46 bits per heavy atom. The van der Waals surface area contributed by atoms with Gasteiger partial charge >= 0.3 is 6.18 Å². The number of carbonyl (C=O) groups is 2. The molecule has 1 aromatic carbocycles. The van der Waals surface area contributed by atoms with Crippen molar-refractivity contribution in [3.8, 4) is 0 Å². The van der Waals surface area contributed by atoms with E-state index in [4.69, 9.17) is 0 Å². The number of guanidine groups is 1. The molecule has 10 heteroatoms. The van der Waals surface area contributed by atoms with Crippen molar-refractivity contribution in [2.75, 3.05) is 19.6 Å². The molecule has 0 aromatic heterocycles. The number of piperidine rings is 1. The van der Waals surface area contributed by atoms with Gasteiger partial charge in [-0.25, -0.2) is 4.99 Å². The molecular formula is C18H24F3IN4O2. The summed E-state index contributed by atoms with van der Waals surface area (Å²) in [5.74, 6) is 0.0460. The lowest BCUT2D eigenvalue weighted by molar-refractivity contribution is -0.147. The first-order valence-electron chi connectivity index (χ1n) is 8.82. The van der Waals surface area contributed by atoms with Crippen LogP contribution in [0.5, 0.6) is 0 Å². The molecule has 2 N–H and O–H groups in total. The molecule has 28 heavy (non-hydrogen) atoms. The third kappa shape index (κ3) is 7.28. The molecule has 2 amide bonds. The van der Waals surface area contributed by atoms with Crippen LogP contribution in [-0.2, 0) is 22.3 Å². The molecule has 1 aliphatic rings. The van der Waals surface area contributed by atoms with Crippen LogP contribution in [0.3, 0.4) is 0 Å². The van der Waals surface area contributed by atoms with Gasteiger partial charge < -0.3 is 10.6 Å². The number of amides is 2. The third-order valence-corrected chi connectivity index (χ3v) is 4.03. The Kier molecular flexibility index (Phi) is 9.70. The van der Waals surface area contributed by atoms with Crippen LogP contribution in [0.25, 0.3) is 0 Å². The van der Waals surface area contributed by atoms with E-state index in [1.807, 2.05) is 6.92 Å². The maximum Gasteiger partial charge on any atom is 0.416 e. The minimum absolute atomic E-state index is 0. The summed E-state index contributed by atoms with van der Waals surface area (Å²) in [6, 6.07) is 5.01. The van der Waals surface area contributed by atoms with Crippen molar-refractivity contribution in [3.63, 3.8) is 0 Å². The van der Waals surface area contributed by atoms with Crippen LogP contribution in [-0.4, -0.2) is 42.3 Å². The molecule has 0 spiro atoms. The molecule has 0 aliphatic carbocycles. The van der Waals surface area contributed by atoms with E-state index < -0.39 is 11.7 Å². The lowest BCUT2D eigenvalue weighted by atomic mass is 10.1. The first kappa shape index (κ1) is 24.2. The molecular weight excluding hydrogens is 488 g/mol. The number of halogens is 4.